The van der Waals surface area contributed by atoms with Crippen molar-refractivity contribution in [1.29, 1.82) is 0 Å². The van der Waals surface area contributed by atoms with Gasteiger partial charge >= 0.3 is 0 Å². The molecule has 1 saturated carbocycles. The fourth-order valence-corrected chi connectivity index (χ4v) is 3.99. The Morgan fingerprint density at radius 3 is 2.88 bits per heavy atom. The quantitative estimate of drug-likeness (QED) is 0.672. The van der Waals surface area contributed by atoms with Crippen LogP contribution < -0.4 is 0 Å². The van der Waals surface area contributed by atoms with Crippen molar-refractivity contribution < 1.29 is 4.79 Å². The predicted octanol–water partition coefficient (Wildman–Crippen LogP) is 3.11. The van der Waals surface area contributed by atoms with E-state index in [1.54, 1.807) is 0 Å². The van der Waals surface area contributed by atoms with Crippen molar-refractivity contribution in [2.24, 2.45) is 0 Å². The molecule has 0 radical (unpaired) electrons. The molecule has 0 amide bonds. The van der Waals surface area contributed by atoms with Gasteiger partial charge in [0, 0.05) is 30.0 Å². The molecule has 2 nitrogen and oxygen atoms in total. The second-order valence-electron chi connectivity index (χ2n) is 5.98. The molecule has 0 aromatic carbocycles. The van der Waals surface area contributed by atoms with Crippen LogP contribution in [0.1, 0.15) is 52.4 Å². The summed E-state index contributed by atoms with van der Waals surface area (Å²) in [5.41, 5.74) is 0. The molecule has 2 rings (SSSR count). The molecule has 1 atom stereocenters. The lowest BCUT2D eigenvalue weighted by Gasteiger charge is -2.29. The molecular weight excluding hydrogens is 230 g/mol. The van der Waals surface area contributed by atoms with Gasteiger partial charge < -0.3 is 0 Å². The van der Waals surface area contributed by atoms with Gasteiger partial charge in [-0.2, -0.15) is 11.8 Å². The number of carbonyl (C=O) groups is 1. The zero-order valence-electron chi connectivity index (χ0n) is 11.2. The summed E-state index contributed by atoms with van der Waals surface area (Å²) < 4.78 is 0.391. The fourth-order valence-electron chi connectivity index (χ4n) is 2.88. The van der Waals surface area contributed by atoms with Gasteiger partial charge in [0.15, 0.2) is 0 Å². The normalized spacial score (nSPS) is 31.9. The highest BCUT2D eigenvalue weighted by Crippen LogP contribution is 2.32. The minimum atomic E-state index is 0.243. The van der Waals surface area contributed by atoms with E-state index in [1.807, 2.05) is 0 Å². The summed E-state index contributed by atoms with van der Waals surface area (Å²) in [6.07, 6.45) is 6.73. The predicted molar refractivity (Wildman–Crippen MR) is 74.6 cm³/mol. The van der Waals surface area contributed by atoms with Crippen molar-refractivity contribution in [3.63, 3.8) is 0 Å². The number of carbonyl (C=O) groups excluding carboxylic acids is 1. The first-order valence-electron chi connectivity index (χ1n) is 6.99. The molecule has 0 spiro atoms. The Hall–Kier alpha value is -0.0200. The van der Waals surface area contributed by atoms with E-state index in [-0.39, 0.29) is 6.04 Å². The van der Waals surface area contributed by atoms with Crippen LogP contribution in [0.2, 0.25) is 0 Å². The van der Waals surface area contributed by atoms with E-state index in [4.69, 9.17) is 0 Å². The van der Waals surface area contributed by atoms with Gasteiger partial charge in [0.2, 0.25) is 0 Å². The number of ketones is 1. The summed E-state index contributed by atoms with van der Waals surface area (Å²) >= 11 is 2.06. The fraction of sp³-hybridized carbons (Fsp3) is 0.929. The van der Waals surface area contributed by atoms with Crippen molar-refractivity contribution in [2.75, 3.05) is 18.8 Å². The van der Waals surface area contributed by atoms with Crippen LogP contribution in [0.3, 0.4) is 0 Å². The standard InChI is InChI=1S/C14H25NOS/c1-14(2)8-9-15(10-11-17-14)12-6-4-3-5-7-13(12)16/h12H,3-11H2,1-2H3. The van der Waals surface area contributed by atoms with Crippen LogP contribution in [0, 0.1) is 0 Å². The third-order valence-electron chi connectivity index (χ3n) is 4.09. The molecular formula is C14H25NOS. The number of thioether (sulfide) groups is 1. The molecule has 98 valence electrons. The highest BCUT2D eigenvalue weighted by atomic mass is 32.2. The Morgan fingerprint density at radius 1 is 1.24 bits per heavy atom. The van der Waals surface area contributed by atoms with Crippen molar-refractivity contribution >= 4 is 17.5 Å². The zero-order valence-corrected chi connectivity index (χ0v) is 12.0. The van der Waals surface area contributed by atoms with Crippen LogP contribution >= 0.6 is 11.8 Å². The van der Waals surface area contributed by atoms with Crippen molar-refractivity contribution in [3.8, 4) is 0 Å². The van der Waals surface area contributed by atoms with E-state index in [0.29, 0.717) is 10.5 Å². The first-order chi connectivity index (χ1) is 8.08. The number of hydrogen-bond donors (Lipinski definition) is 0. The van der Waals surface area contributed by atoms with Gasteiger partial charge in [-0.15, -0.1) is 0 Å². The maximum atomic E-state index is 12.1. The SMILES string of the molecule is CC1(C)CCN(C2CCCCCC2=O)CCS1. The molecule has 2 fully saturated rings. The average molecular weight is 255 g/mol. The number of Topliss-reactive ketones (excluding diaryl/α,β-unsaturated/α-hetero) is 1. The highest BCUT2D eigenvalue weighted by molar-refractivity contribution is 8.00. The molecule has 1 aliphatic heterocycles. The maximum Gasteiger partial charge on any atom is 0.149 e. The average Bonchev–Trinajstić information content (AvgIpc) is 2.57. The van der Waals surface area contributed by atoms with E-state index in [9.17, 15) is 4.79 Å². The molecule has 1 aliphatic carbocycles. The van der Waals surface area contributed by atoms with Gasteiger partial charge in [0.1, 0.15) is 5.78 Å². The number of nitrogens with zero attached hydrogens (tertiary/aromatic N) is 1. The maximum absolute atomic E-state index is 12.1. The molecule has 17 heavy (non-hydrogen) atoms. The van der Waals surface area contributed by atoms with Crippen LogP contribution in [0.5, 0.6) is 0 Å². The second kappa shape index (κ2) is 5.75. The van der Waals surface area contributed by atoms with Crippen LogP contribution in [0.4, 0.5) is 0 Å². The molecule has 1 heterocycles. The third-order valence-corrected chi connectivity index (χ3v) is 5.46. The lowest BCUT2D eigenvalue weighted by atomic mass is 10.0. The van der Waals surface area contributed by atoms with Crippen molar-refractivity contribution in [2.45, 2.75) is 63.2 Å². The summed E-state index contributed by atoms with van der Waals surface area (Å²) in [6, 6.07) is 0.243. The van der Waals surface area contributed by atoms with Crippen LogP contribution in [-0.2, 0) is 4.79 Å². The lowest BCUT2D eigenvalue weighted by molar-refractivity contribution is -0.124. The van der Waals surface area contributed by atoms with Gasteiger partial charge in [-0.3, -0.25) is 9.69 Å². The summed E-state index contributed by atoms with van der Waals surface area (Å²) in [6.45, 7) is 6.87. The van der Waals surface area contributed by atoms with Crippen molar-refractivity contribution in [1.82, 2.24) is 4.90 Å². The third kappa shape index (κ3) is 3.72. The minimum Gasteiger partial charge on any atom is -0.298 e. The molecule has 0 N–H and O–H groups in total. The van der Waals surface area contributed by atoms with E-state index in [2.05, 4.69) is 30.5 Å². The largest absolute Gasteiger partial charge is 0.298 e. The smallest absolute Gasteiger partial charge is 0.149 e. The van der Waals surface area contributed by atoms with Gasteiger partial charge in [-0.25, -0.2) is 0 Å². The van der Waals surface area contributed by atoms with Crippen molar-refractivity contribution in [3.05, 3.63) is 0 Å². The van der Waals surface area contributed by atoms with Gasteiger partial charge in [-0.05, 0) is 19.3 Å². The first-order valence-corrected chi connectivity index (χ1v) is 7.98. The first kappa shape index (κ1) is 13.4. The Morgan fingerprint density at radius 2 is 2.06 bits per heavy atom. The van der Waals surface area contributed by atoms with Gasteiger partial charge in [0.05, 0.1) is 6.04 Å². The number of rotatable bonds is 1. The van der Waals surface area contributed by atoms with Crippen LogP contribution in [-0.4, -0.2) is 40.3 Å². The molecule has 0 aromatic heterocycles. The van der Waals surface area contributed by atoms with Gasteiger partial charge in [-0.1, -0.05) is 26.7 Å². The molecule has 0 bridgehead atoms. The van der Waals surface area contributed by atoms with Gasteiger partial charge in [0.25, 0.3) is 0 Å². The Labute approximate surface area is 110 Å². The number of hydrogen-bond acceptors (Lipinski definition) is 3. The Balaban J connectivity index is 1.98. The molecule has 3 heteroatoms. The summed E-state index contributed by atoms with van der Waals surface area (Å²) in [4.78, 5) is 14.6. The monoisotopic (exact) mass is 255 g/mol. The van der Waals surface area contributed by atoms with E-state index >= 15 is 0 Å². The Kier molecular flexibility index (Phi) is 4.53. The van der Waals surface area contributed by atoms with Crippen LogP contribution in [0.25, 0.3) is 0 Å². The van der Waals surface area contributed by atoms with E-state index < -0.39 is 0 Å². The zero-order chi connectivity index (χ0) is 12.3. The molecule has 1 unspecified atom stereocenters. The molecule has 2 aliphatic rings. The molecule has 1 saturated heterocycles. The van der Waals surface area contributed by atoms with E-state index in [0.717, 1.165) is 32.4 Å². The van der Waals surface area contributed by atoms with Crippen LogP contribution in [0.15, 0.2) is 0 Å². The summed E-state index contributed by atoms with van der Waals surface area (Å²) in [5.74, 6) is 1.68. The van der Waals surface area contributed by atoms with E-state index in [1.165, 1.54) is 25.0 Å². The minimum absolute atomic E-state index is 0.243. The lowest BCUT2D eigenvalue weighted by Crippen LogP contribution is -2.42. The Bertz CT molecular complexity index is 277. The summed E-state index contributed by atoms with van der Waals surface area (Å²) in [5, 5.41) is 0. The second-order valence-corrected chi connectivity index (χ2v) is 7.78. The topological polar surface area (TPSA) is 20.3 Å². The molecule has 0 aromatic rings. The summed E-state index contributed by atoms with van der Waals surface area (Å²) in [7, 11) is 0. The highest BCUT2D eigenvalue weighted by Gasteiger charge is 2.31.